The van der Waals surface area contributed by atoms with Crippen molar-refractivity contribution in [2.45, 2.75) is 17.8 Å². The summed E-state index contributed by atoms with van der Waals surface area (Å²) >= 11 is 1.44. The van der Waals surface area contributed by atoms with Gasteiger partial charge >= 0.3 is 5.69 Å². The van der Waals surface area contributed by atoms with Crippen LogP contribution in [-0.4, -0.2) is 22.0 Å². The summed E-state index contributed by atoms with van der Waals surface area (Å²) in [5.41, 5.74) is 1.69. The van der Waals surface area contributed by atoms with Gasteiger partial charge in [0.25, 0.3) is 0 Å². The molecule has 104 valence electrons. The van der Waals surface area contributed by atoms with Crippen LogP contribution < -0.4 is 4.74 Å². The molecule has 0 aliphatic carbocycles. The van der Waals surface area contributed by atoms with Gasteiger partial charge in [-0.05, 0) is 24.6 Å². The van der Waals surface area contributed by atoms with E-state index in [2.05, 4.69) is 9.97 Å². The predicted molar refractivity (Wildman–Crippen MR) is 76.0 cm³/mol. The van der Waals surface area contributed by atoms with Gasteiger partial charge < -0.3 is 4.74 Å². The third-order valence-electron chi connectivity index (χ3n) is 2.58. The Kier molecular flexibility index (Phi) is 4.52. The first-order chi connectivity index (χ1) is 9.60. The van der Waals surface area contributed by atoms with Crippen molar-refractivity contribution in [3.63, 3.8) is 0 Å². The van der Waals surface area contributed by atoms with Crippen molar-refractivity contribution in [1.82, 2.24) is 9.97 Å². The van der Waals surface area contributed by atoms with Crippen molar-refractivity contribution in [2.75, 3.05) is 7.11 Å². The summed E-state index contributed by atoms with van der Waals surface area (Å²) in [6, 6.07) is 6.74. The lowest BCUT2D eigenvalue weighted by Gasteiger charge is -2.04. The van der Waals surface area contributed by atoms with Gasteiger partial charge in [-0.25, -0.2) is 9.97 Å². The molecule has 0 aliphatic heterocycles. The largest absolute Gasteiger partial charge is 0.490 e. The van der Waals surface area contributed by atoms with E-state index >= 15 is 0 Å². The summed E-state index contributed by atoms with van der Waals surface area (Å²) in [6.45, 7) is 1.89. The second-order valence-corrected chi connectivity index (χ2v) is 4.98. The van der Waals surface area contributed by atoms with Gasteiger partial charge in [0.05, 0.1) is 12.0 Å². The Bertz CT molecular complexity index is 634. The Morgan fingerprint density at radius 2 is 2.20 bits per heavy atom. The van der Waals surface area contributed by atoms with Crippen molar-refractivity contribution in [3.8, 4) is 5.75 Å². The van der Waals surface area contributed by atoms with E-state index in [1.165, 1.54) is 24.9 Å². The van der Waals surface area contributed by atoms with Crippen LogP contribution in [0.25, 0.3) is 0 Å². The van der Waals surface area contributed by atoms with Gasteiger partial charge in [0.1, 0.15) is 0 Å². The van der Waals surface area contributed by atoms with Crippen LogP contribution in [0.1, 0.15) is 11.3 Å². The summed E-state index contributed by atoms with van der Waals surface area (Å²) in [6.07, 6.45) is 1.70. The zero-order chi connectivity index (χ0) is 14.5. The van der Waals surface area contributed by atoms with Crippen molar-refractivity contribution < 1.29 is 9.66 Å². The van der Waals surface area contributed by atoms with E-state index in [0.29, 0.717) is 10.9 Å². The number of nitrogens with zero attached hydrogens (tertiary/aromatic N) is 3. The molecule has 0 radical (unpaired) electrons. The van der Waals surface area contributed by atoms with Crippen LogP contribution in [0.15, 0.2) is 35.6 Å². The van der Waals surface area contributed by atoms with E-state index in [1.807, 2.05) is 13.0 Å². The standard InChI is InChI=1S/C13H13N3O3S/c1-9-5-6-14-13(15-9)20-8-10-3-4-12(19-2)11(7-10)16(17)18/h3-7H,8H2,1-2H3. The Balaban J connectivity index is 2.14. The number of thioether (sulfide) groups is 1. The Hall–Kier alpha value is -2.15. The third kappa shape index (κ3) is 3.45. The lowest BCUT2D eigenvalue weighted by atomic mass is 10.2. The highest BCUT2D eigenvalue weighted by atomic mass is 32.2. The zero-order valence-electron chi connectivity index (χ0n) is 11.1. The Labute approximate surface area is 120 Å². The zero-order valence-corrected chi connectivity index (χ0v) is 11.9. The summed E-state index contributed by atoms with van der Waals surface area (Å²) in [7, 11) is 1.41. The monoisotopic (exact) mass is 291 g/mol. The number of aryl methyl sites for hydroxylation is 1. The molecule has 0 N–H and O–H groups in total. The molecule has 0 saturated heterocycles. The van der Waals surface area contributed by atoms with Gasteiger partial charge in [-0.1, -0.05) is 17.8 Å². The molecule has 1 aromatic heterocycles. The number of methoxy groups -OCH3 is 1. The van der Waals surface area contributed by atoms with Crippen molar-refractivity contribution in [2.24, 2.45) is 0 Å². The molecule has 6 nitrogen and oxygen atoms in total. The van der Waals surface area contributed by atoms with Crippen LogP contribution in [0, 0.1) is 17.0 Å². The maximum absolute atomic E-state index is 10.9. The van der Waals surface area contributed by atoms with Crippen molar-refractivity contribution in [1.29, 1.82) is 0 Å². The SMILES string of the molecule is COc1ccc(CSc2nccc(C)n2)cc1[N+](=O)[O-]. The van der Waals surface area contributed by atoms with Crippen molar-refractivity contribution >= 4 is 17.4 Å². The van der Waals surface area contributed by atoms with E-state index in [9.17, 15) is 10.1 Å². The molecule has 0 saturated carbocycles. The third-order valence-corrected chi connectivity index (χ3v) is 3.51. The average molecular weight is 291 g/mol. The molecule has 7 heteroatoms. The average Bonchev–Trinajstić information content (AvgIpc) is 2.45. The number of hydrogen-bond acceptors (Lipinski definition) is 6. The van der Waals surface area contributed by atoms with Gasteiger partial charge in [0.15, 0.2) is 10.9 Å². The smallest absolute Gasteiger partial charge is 0.311 e. The maximum Gasteiger partial charge on any atom is 0.311 e. The van der Waals surface area contributed by atoms with Crippen LogP contribution in [0.5, 0.6) is 5.75 Å². The molecule has 0 amide bonds. The number of benzene rings is 1. The highest BCUT2D eigenvalue weighted by Gasteiger charge is 2.15. The lowest BCUT2D eigenvalue weighted by molar-refractivity contribution is -0.385. The lowest BCUT2D eigenvalue weighted by Crippen LogP contribution is -1.95. The number of nitro groups is 1. The second kappa shape index (κ2) is 6.33. The van der Waals surface area contributed by atoms with Gasteiger partial charge in [-0.2, -0.15) is 0 Å². The van der Waals surface area contributed by atoms with Crippen molar-refractivity contribution in [3.05, 3.63) is 51.8 Å². The maximum atomic E-state index is 10.9. The predicted octanol–water partition coefficient (Wildman–Crippen LogP) is 2.99. The summed E-state index contributed by atoms with van der Waals surface area (Å²) in [5, 5.41) is 11.6. The molecule has 0 bridgehead atoms. The van der Waals surface area contributed by atoms with E-state index in [1.54, 1.807) is 18.3 Å². The molecule has 20 heavy (non-hydrogen) atoms. The molecule has 0 unspecified atom stereocenters. The number of ether oxygens (including phenoxy) is 1. The fraction of sp³-hybridized carbons (Fsp3) is 0.231. The van der Waals surface area contributed by atoms with Gasteiger partial charge in [-0.3, -0.25) is 10.1 Å². The molecular weight excluding hydrogens is 278 g/mol. The first-order valence-corrected chi connectivity index (χ1v) is 6.82. The highest BCUT2D eigenvalue weighted by molar-refractivity contribution is 7.98. The Morgan fingerprint density at radius 3 is 2.85 bits per heavy atom. The molecule has 0 aliphatic rings. The molecular formula is C13H13N3O3S. The van der Waals surface area contributed by atoms with E-state index in [4.69, 9.17) is 4.74 Å². The molecule has 1 heterocycles. The number of aromatic nitrogens is 2. The van der Waals surface area contributed by atoms with Crippen LogP contribution >= 0.6 is 11.8 Å². The van der Waals surface area contributed by atoms with Crippen LogP contribution in [-0.2, 0) is 5.75 Å². The minimum Gasteiger partial charge on any atom is -0.490 e. The molecule has 0 spiro atoms. The molecule has 0 fully saturated rings. The van der Waals surface area contributed by atoms with E-state index in [-0.39, 0.29) is 11.4 Å². The number of nitro benzene ring substituents is 1. The second-order valence-electron chi connectivity index (χ2n) is 4.03. The minimum absolute atomic E-state index is 0.0317. The van der Waals surface area contributed by atoms with Crippen LogP contribution in [0.2, 0.25) is 0 Å². The Morgan fingerprint density at radius 1 is 1.40 bits per heavy atom. The normalized spacial score (nSPS) is 10.3. The highest BCUT2D eigenvalue weighted by Crippen LogP contribution is 2.29. The van der Waals surface area contributed by atoms with Gasteiger partial charge in [0, 0.05) is 23.7 Å². The molecule has 0 atom stereocenters. The molecule has 2 aromatic rings. The first kappa shape index (κ1) is 14.3. The van der Waals surface area contributed by atoms with Crippen LogP contribution in [0.3, 0.4) is 0 Å². The van der Waals surface area contributed by atoms with Gasteiger partial charge in [0.2, 0.25) is 0 Å². The first-order valence-electron chi connectivity index (χ1n) is 5.84. The topological polar surface area (TPSA) is 78.2 Å². The summed E-state index contributed by atoms with van der Waals surface area (Å²) < 4.78 is 4.97. The number of rotatable bonds is 5. The minimum atomic E-state index is -0.448. The quantitative estimate of drug-likeness (QED) is 0.365. The van der Waals surface area contributed by atoms with E-state index in [0.717, 1.165) is 11.3 Å². The molecule has 1 aromatic carbocycles. The summed E-state index contributed by atoms with van der Waals surface area (Å²) in [4.78, 5) is 18.9. The van der Waals surface area contributed by atoms with Crippen LogP contribution in [0.4, 0.5) is 5.69 Å². The fourth-order valence-corrected chi connectivity index (χ4v) is 2.43. The van der Waals surface area contributed by atoms with E-state index < -0.39 is 4.92 Å². The molecule has 2 rings (SSSR count). The van der Waals surface area contributed by atoms with Gasteiger partial charge in [-0.15, -0.1) is 0 Å². The fourth-order valence-electron chi connectivity index (χ4n) is 1.61. The summed E-state index contributed by atoms with van der Waals surface area (Å²) in [5.74, 6) is 0.824. The number of hydrogen-bond donors (Lipinski definition) is 0.